The fourth-order valence-corrected chi connectivity index (χ4v) is 5.88. The van der Waals surface area contributed by atoms with Crippen molar-refractivity contribution < 1.29 is 24.2 Å². The number of carbonyl (C=O) groups excluding carboxylic acids is 2. The average molecular weight is 489 g/mol. The van der Waals surface area contributed by atoms with Crippen molar-refractivity contribution in [3.63, 3.8) is 0 Å². The van der Waals surface area contributed by atoms with Crippen molar-refractivity contribution in [3.8, 4) is 11.1 Å². The molecule has 0 radical (unpaired) electrons. The van der Waals surface area contributed by atoms with Gasteiger partial charge in [-0.1, -0.05) is 78.9 Å². The summed E-state index contributed by atoms with van der Waals surface area (Å²) in [5.74, 6) is -1.07. The summed E-state index contributed by atoms with van der Waals surface area (Å²) in [6, 6.07) is 22.9. The second kappa shape index (κ2) is 9.84. The predicted molar refractivity (Wildman–Crippen MR) is 133 cm³/mol. The van der Waals surface area contributed by atoms with E-state index in [-0.39, 0.29) is 18.4 Å². The van der Waals surface area contributed by atoms with E-state index in [1.807, 2.05) is 42.5 Å². The molecule has 1 heterocycles. The number of carboxylic acids is 1. The lowest BCUT2D eigenvalue weighted by molar-refractivity contribution is -0.148. The highest BCUT2D eigenvalue weighted by Crippen LogP contribution is 2.44. The average Bonchev–Trinajstić information content (AvgIpc) is 3.50. The van der Waals surface area contributed by atoms with E-state index in [1.54, 1.807) is 24.3 Å². The number of fused-ring (bicyclic) bond motifs is 3. The first kappa shape index (κ1) is 23.0. The van der Waals surface area contributed by atoms with E-state index in [2.05, 4.69) is 17.4 Å². The van der Waals surface area contributed by atoms with Crippen LogP contribution in [0.4, 0.5) is 4.79 Å². The topological polar surface area (TPSA) is 95.9 Å². The number of amides is 2. The number of ether oxygens (including phenoxy) is 1. The number of carboxylic acid groups (broad SMARTS) is 1. The van der Waals surface area contributed by atoms with E-state index in [1.165, 1.54) is 16.7 Å². The molecule has 1 aliphatic heterocycles. The summed E-state index contributed by atoms with van der Waals surface area (Å²) in [5, 5.41) is 12.2. The van der Waals surface area contributed by atoms with Crippen molar-refractivity contribution in [3.05, 3.63) is 95.6 Å². The van der Waals surface area contributed by atoms with Gasteiger partial charge in [0.2, 0.25) is 0 Å². The van der Waals surface area contributed by atoms with Crippen LogP contribution >= 0.6 is 11.8 Å². The quantitative estimate of drug-likeness (QED) is 0.539. The Balaban J connectivity index is 1.33. The van der Waals surface area contributed by atoms with Crippen molar-refractivity contribution >= 4 is 29.7 Å². The van der Waals surface area contributed by atoms with Crippen molar-refractivity contribution in [1.82, 2.24) is 10.2 Å². The number of benzene rings is 3. The lowest BCUT2D eigenvalue weighted by atomic mass is 9.98. The van der Waals surface area contributed by atoms with Gasteiger partial charge in [-0.3, -0.25) is 4.79 Å². The van der Waals surface area contributed by atoms with Crippen LogP contribution in [0.3, 0.4) is 0 Å². The monoisotopic (exact) mass is 488 g/mol. The van der Waals surface area contributed by atoms with Crippen LogP contribution < -0.4 is 5.32 Å². The van der Waals surface area contributed by atoms with Crippen LogP contribution in [0.25, 0.3) is 11.1 Å². The Morgan fingerprint density at radius 3 is 2.17 bits per heavy atom. The van der Waals surface area contributed by atoms with Crippen LogP contribution in [0, 0.1) is 0 Å². The molecular weight excluding hydrogens is 464 g/mol. The summed E-state index contributed by atoms with van der Waals surface area (Å²) in [5.41, 5.74) is 5.00. The standard InChI is InChI=1S/C27H24N2O5S/c30-25(29-16-35-15-23(29)26(31)32)24(17-8-2-1-3-9-17)28-27(33)34-14-22-20-12-6-4-10-18(20)19-11-5-7-13-21(19)22/h1-13,22-24H,14-16H2,(H,28,33)(H,31,32). The van der Waals surface area contributed by atoms with Gasteiger partial charge in [0.25, 0.3) is 5.91 Å². The molecule has 2 amide bonds. The number of thioether (sulfide) groups is 1. The lowest BCUT2D eigenvalue weighted by Crippen LogP contribution is -2.48. The minimum atomic E-state index is -1.06. The molecule has 2 aliphatic rings. The fraction of sp³-hybridized carbons (Fsp3) is 0.222. The Morgan fingerprint density at radius 2 is 1.54 bits per heavy atom. The molecule has 2 unspecified atom stereocenters. The number of nitrogens with zero attached hydrogens (tertiary/aromatic N) is 1. The van der Waals surface area contributed by atoms with Gasteiger partial charge < -0.3 is 20.1 Å². The Morgan fingerprint density at radius 1 is 0.943 bits per heavy atom. The number of hydrogen-bond acceptors (Lipinski definition) is 5. The molecule has 1 aliphatic carbocycles. The van der Waals surface area contributed by atoms with Gasteiger partial charge >= 0.3 is 12.1 Å². The van der Waals surface area contributed by atoms with Gasteiger partial charge in [0, 0.05) is 11.7 Å². The highest BCUT2D eigenvalue weighted by atomic mass is 32.2. The first-order chi connectivity index (χ1) is 17.0. The van der Waals surface area contributed by atoms with Crippen LogP contribution in [0.1, 0.15) is 28.7 Å². The molecule has 2 N–H and O–H groups in total. The molecule has 35 heavy (non-hydrogen) atoms. The number of aliphatic carboxylic acids is 1. The van der Waals surface area contributed by atoms with E-state index in [0.717, 1.165) is 22.3 Å². The maximum atomic E-state index is 13.4. The molecule has 5 rings (SSSR count). The minimum Gasteiger partial charge on any atom is -0.480 e. The number of carbonyl (C=O) groups is 3. The van der Waals surface area contributed by atoms with E-state index < -0.39 is 30.1 Å². The molecular formula is C27H24N2O5S. The highest BCUT2D eigenvalue weighted by Gasteiger charge is 2.39. The van der Waals surface area contributed by atoms with Crippen LogP contribution in [-0.2, 0) is 14.3 Å². The zero-order valence-electron chi connectivity index (χ0n) is 18.8. The third-order valence-corrected chi connectivity index (χ3v) is 7.45. The van der Waals surface area contributed by atoms with Gasteiger partial charge in [-0.05, 0) is 27.8 Å². The number of rotatable bonds is 6. The molecule has 3 aromatic carbocycles. The summed E-state index contributed by atoms with van der Waals surface area (Å²) >= 11 is 1.37. The Kier molecular flexibility index (Phi) is 6.46. The molecule has 7 nitrogen and oxygen atoms in total. The normalized spacial score (nSPS) is 17.4. The van der Waals surface area contributed by atoms with Crippen molar-refractivity contribution in [1.29, 1.82) is 0 Å². The first-order valence-corrected chi connectivity index (χ1v) is 12.5. The largest absolute Gasteiger partial charge is 0.480 e. The summed E-state index contributed by atoms with van der Waals surface area (Å²) in [4.78, 5) is 39.2. The van der Waals surface area contributed by atoms with Crippen LogP contribution in [-0.4, -0.2) is 52.3 Å². The van der Waals surface area contributed by atoms with Gasteiger partial charge in [0.1, 0.15) is 18.7 Å². The third kappa shape index (κ3) is 4.49. The number of hydrogen-bond donors (Lipinski definition) is 2. The van der Waals surface area contributed by atoms with E-state index in [0.29, 0.717) is 11.3 Å². The van der Waals surface area contributed by atoms with E-state index in [4.69, 9.17) is 4.74 Å². The predicted octanol–water partition coefficient (Wildman–Crippen LogP) is 4.25. The summed E-state index contributed by atoms with van der Waals surface area (Å²) in [6.45, 7) is 0.118. The van der Waals surface area contributed by atoms with E-state index in [9.17, 15) is 19.5 Å². The molecule has 0 saturated carbocycles. The molecule has 178 valence electrons. The Labute approximate surface area is 207 Å². The van der Waals surface area contributed by atoms with E-state index >= 15 is 0 Å². The van der Waals surface area contributed by atoms with Crippen molar-refractivity contribution in [2.75, 3.05) is 18.2 Å². The summed E-state index contributed by atoms with van der Waals surface area (Å²) < 4.78 is 5.64. The summed E-state index contributed by atoms with van der Waals surface area (Å²) in [6.07, 6.45) is -0.729. The summed E-state index contributed by atoms with van der Waals surface area (Å²) in [7, 11) is 0. The first-order valence-electron chi connectivity index (χ1n) is 11.3. The minimum absolute atomic E-state index is 0.106. The zero-order valence-corrected chi connectivity index (χ0v) is 19.6. The smallest absolute Gasteiger partial charge is 0.408 e. The SMILES string of the molecule is O=C(NC(C(=O)N1CSCC1C(=O)O)c1ccccc1)OCC1c2ccccc2-c2ccccc21. The number of alkyl carbamates (subject to hydrolysis) is 1. The molecule has 0 aromatic heterocycles. The Hall–Kier alpha value is -3.78. The lowest BCUT2D eigenvalue weighted by Gasteiger charge is -2.27. The van der Waals surface area contributed by atoms with Crippen molar-refractivity contribution in [2.24, 2.45) is 0 Å². The maximum Gasteiger partial charge on any atom is 0.408 e. The number of nitrogens with one attached hydrogen (secondary N) is 1. The van der Waals surface area contributed by atoms with Crippen LogP contribution in [0.5, 0.6) is 0 Å². The van der Waals surface area contributed by atoms with Crippen molar-refractivity contribution in [2.45, 2.75) is 18.0 Å². The molecule has 0 spiro atoms. The molecule has 1 saturated heterocycles. The zero-order chi connectivity index (χ0) is 24.4. The molecule has 8 heteroatoms. The fourth-order valence-electron chi connectivity index (χ4n) is 4.72. The van der Waals surface area contributed by atoms with Gasteiger partial charge in [-0.25, -0.2) is 9.59 Å². The highest BCUT2D eigenvalue weighted by molar-refractivity contribution is 7.99. The second-order valence-electron chi connectivity index (χ2n) is 8.48. The van der Waals surface area contributed by atoms with Gasteiger partial charge in [0.15, 0.2) is 0 Å². The second-order valence-corrected chi connectivity index (χ2v) is 9.48. The van der Waals surface area contributed by atoms with Gasteiger partial charge in [-0.2, -0.15) is 0 Å². The van der Waals surface area contributed by atoms with Crippen LogP contribution in [0.15, 0.2) is 78.9 Å². The van der Waals surface area contributed by atoms with Crippen LogP contribution in [0.2, 0.25) is 0 Å². The molecule has 2 atom stereocenters. The Bertz CT molecular complexity index is 1220. The van der Waals surface area contributed by atoms with Gasteiger partial charge in [0.05, 0.1) is 5.88 Å². The maximum absolute atomic E-state index is 13.4. The third-order valence-electron chi connectivity index (χ3n) is 6.44. The van der Waals surface area contributed by atoms with Gasteiger partial charge in [-0.15, -0.1) is 11.8 Å². The molecule has 0 bridgehead atoms. The molecule has 3 aromatic rings. The molecule has 1 fully saturated rings.